The van der Waals surface area contributed by atoms with Crippen molar-refractivity contribution in [2.24, 2.45) is 0 Å². The minimum atomic E-state index is -0.395. The van der Waals surface area contributed by atoms with E-state index >= 15 is 0 Å². The quantitative estimate of drug-likeness (QED) is 0.663. The molecule has 0 saturated carbocycles. The van der Waals surface area contributed by atoms with Crippen molar-refractivity contribution in [3.05, 3.63) is 42.8 Å². The van der Waals surface area contributed by atoms with Gasteiger partial charge >= 0.3 is 5.97 Å². The molecule has 1 atom stereocenters. The zero-order valence-corrected chi connectivity index (χ0v) is 7.69. The third-order valence-corrected chi connectivity index (χ3v) is 1.73. The summed E-state index contributed by atoms with van der Waals surface area (Å²) < 4.78 is 5.04. The topological polar surface area (TPSA) is 26.3 Å². The largest absolute Gasteiger partial charge is 0.457 e. The Kier molecular flexibility index (Phi) is 3.50. The number of benzene rings is 1. The van der Waals surface area contributed by atoms with Crippen molar-refractivity contribution < 1.29 is 9.53 Å². The maximum absolute atomic E-state index is 10.9. The average Bonchev–Trinajstić information content (AvgIpc) is 2.19. The first-order chi connectivity index (χ1) is 6.24. The van der Waals surface area contributed by atoms with Gasteiger partial charge in [0.1, 0.15) is 6.10 Å². The normalized spacial score (nSPS) is 12.2. The summed E-state index contributed by atoms with van der Waals surface area (Å²) in [5.74, 6) is -0.219. The lowest BCUT2D eigenvalue weighted by Gasteiger charge is -2.12. The molecule has 2 nitrogen and oxygen atoms in total. The summed E-state index contributed by atoms with van der Waals surface area (Å²) in [5, 5.41) is 0. The van der Waals surface area contributed by atoms with Gasteiger partial charge in [0.25, 0.3) is 0 Å². The Morgan fingerprint density at radius 2 is 2.08 bits per heavy atom. The molecule has 0 aliphatic carbocycles. The van der Waals surface area contributed by atoms with Crippen LogP contribution < -0.4 is 0 Å². The summed E-state index contributed by atoms with van der Waals surface area (Å²) in [4.78, 5) is 10.9. The summed E-state index contributed by atoms with van der Waals surface area (Å²) in [6.45, 7) is 5.52. The molecule has 0 N–H and O–H groups in total. The minimum absolute atomic E-state index is 0.219. The molecule has 0 aliphatic heterocycles. The molecule has 0 fully saturated rings. The van der Waals surface area contributed by atoms with E-state index in [1.807, 2.05) is 30.3 Å². The monoisotopic (exact) mass is 177 g/mol. The van der Waals surface area contributed by atoms with Crippen molar-refractivity contribution in [3.63, 3.8) is 0 Å². The van der Waals surface area contributed by atoms with Gasteiger partial charge in [-0.05, 0) is 12.5 Å². The molecule has 0 aliphatic rings. The van der Waals surface area contributed by atoms with Gasteiger partial charge in [-0.3, -0.25) is 4.79 Å². The van der Waals surface area contributed by atoms with Gasteiger partial charge in [-0.15, -0.1) is 0 Å². The molecule has 0 aromatic heterocycles. The Bertz CT molecular complexity index is 267. The van der Waals surface area contributed by atoms with Crippen LogP contribution in [0.25, 0.3) is 0 Å². The van der Waals surface area contributed by atoms with E-state index in [1.165, 1.54) is 0 Å². The van der Waals surface area contributed by atoms with Gasteiger partial charge in [-0.25, -0.2) is 0 Å². The molecule has 0 bridgehead atoms. The third kappa shape index (κ3) is 2.90. The minimum Gasteiger partial charge on any atom is -0.457 e. The van der Waals surface area contributed by atoms with Gasteiger partial charge in [-0.2, -0.15) is 0 Å². The lowest BCUT2D eigenvalue weighted by molar-refractivity contribution is -0.146. The summed E-state index contributed by atoms with van der Waals surface area (Å²) in [7, 11) is 0. The zero-order chi connectivity index (χ0) is 9.68. The van der Waals surface area contributed by atoms with E-state index in [0.29, 0.717) is 6.42 Å². The fourth-order valence-electron chi connectivity index (χ4n) is 0.978. The van der Waals surface area contributed by atoms with E-state index in [9.17, 15) is 4.79 Å². The van der Waals surface area contributed by atoms with Crippen molar-refractivity contribution in [3.8, 4) is 0 Å². The molecular formula is C11H13O2. The zero-order valence-electron chi connectivity index (χ0n) is 7.69. The maximum Gasteiger partial charge on any atom is 0.306 e. The highest BCUT2D eigenvalue weighted by atomic mass is 16.5. The van der Waals surface area contributed by atoms with Gasteiger partial charge < -0.3 is 4.74 Å². The van der Waals surface area contributed by atoms with Crippen LogP contribution in [0.2, 0.25) is 0 Å². The third-order valence-electron chi connectivity index (χ3n) is 1.73. The molecule has 1 unspecified atom stereocenters. The van der Waals surface area contributed by atoms with E-state index in [0.717, 1.165) is 5.56 Å². The summed E-state index contributed by atoms with van der Waals surface area (Å²) in [6.07, 6.45) is -0.00702. The molecular weight excluding hydrogens is 164 g/mol. The van der Waals surface area contributed by atoms with E-state index < -0.39 is 6.10 Å². The van der Waals surface area contributed by atoms with Crippen LogP contribution in [-0.4, -0.2) is 5.97 Å². The molecule has 1 rings (SSSR count). The molecule has 13 heavy (non-hydrogen) atoms. The molecule has 69 valence electrons. The Labute approximate surface area is 78.5 Å². The number of carbonyl (C=O) groups is 1. The maximum atomic E-state index is 10.9. The van der Waals surface area contributed by atoms with Gasteiger partial charge in [0.05, 0.1) is 0 Å². The number of rotatable bonds is 3. The second-order valence-corrected chi connectivity index (χ2v) is 2.74. The number of hydrogen-bond donors (Lipinski definition) is 0. The van der Waals surface area contributed by atoms with Crippen LogP contribution in [-0.2, 0) is 9.53 Å². The van der Waals surface area contributed by atoms with Crippen LogP contribution in [0.3, 0.4) is 0 Å². The molecule has 0 amide bonds. The predicted molar refractivity (Wildman–Crippen MR) is 50.9 cm³/mol. The number of hydrogen-bond acceptors (Lipinski definition) is 2. The predicted octanol–water partition coefficient (Wildman–Crippen LogP) is 2.51. The van der Waals surface area contributed by atoms with Crippen LogP contribution in [0.5, 0.6) is 0 Å². The summed E-state index contributed by atoms with van der Waals surface area (Å²) >= 11 is 0. The average molecular weight is 177 g/mol. The standard InChI is InChI=1S/C11H13O2/c1-3-11(12)13-9(2)10-7-5-4-6-8-10/h4-9H,2-3H2,1H3. The highest BCUT2D eigenvalue weighted by Crippen LogP contribution is 2.15. The molecule has 1 aromatic carbocycles. The Morgan fingerprint density at radius 3 is 2.62 bits per heavy atom. The summed E-state index contributed by atoms with van der Waals surface area (Å²) in [5.41, 5.74) is 0.921. The lowest BCUT2D eigenvalue weighted by atomic mass is 10.1. The first kappa shape index (κ1) is 9.78. The number of esters is 1. The molecule has 1 radical (unpaired) electrons. The molecule has 1 aromatic rings. The SMILES string of the molecule is [CH2]C(OC(=O)CC)c1ccccc1. The first-order valence-corrected chi connectivity index (χ1v) is 4.31. The fourth-order valence-corrected chi connectivity index (χ4v) is 0.978. The lowest BCUT2D eigenvalue weighted by Crippen LogP contribution is -2.07. The van der Waals surface area contributed by atoms with E-state index in [-0.39, 0.29) is 5.97 Å². The van der Waals surface area contributed by atoms with Crippen molar-refractivity contribution in [1.29, 1.82) is 0 Å². The number of ether oxygens (including phenoxy) is 1. The smallest absolute Gasteiger partial charge is 0.306 e. The van der Waals surface area contributed by atoms with Crippen LogP contribution >= 0.6 is 0 Å². The Hall–Kier alpha value is -1.31. The van der Waals surface area contributed by atoms with Crippen molar-refractivity contribution in [1.82, 2.24) is 0 Å². The second kappa shape index (κ2) is 4.65. The first-order valence-electron chi connectivity index (χ1n) is 4.31. The second-order valence-electron chi connectivity index (χ2n) is 2.74. The fraction of sp³-hybridized carbons (Fsp3) is 0.273. The van der Waals surface area contributed by atoms with Gasteiger partial charge in [-0.1, -0.05) is 37.3 Å². The Balaban J connectivity index is 2.59. The van der Waals surface area contributed by atoms with Crippen molar-refractivity contribution in [2.45, 2.75) is 19.4 Å². The van der Waals surface area contributed by atoms with E-state index in [1.54, 1.807) is 6.92 Å². The van der Waals surface area contributed by atoms with Crippen LogP contribution in [0.15, 0.2) is 30.3 Å². The number of carbonyl (C=O) groups excluding carboxylic acids is 1. The van der Waals surface area contributed by atoms with Crippen molar-refractivity contribution in [2.75, 3.05) is 0 Å². The van der Waals surface area contributed by atoms with Crippen molar-refractivity contribution >= 4 is 5.97 Å². The highest BCUT2D eigenvalue weighted by Gasteiger charge is 2.08. The van der Waals surface area contributed by atoms with E-state index in [2.05, 4.69) is 6.92 Å². The molecule has 0 heterocycles. The van der Waals surface area contributed by atoms with Gasteiger partial charge in [0.15, 0.2) is 0 Å². The van der Waals surface area contributed by atoms with Crippen LogP contribution in [0.4, 0.5) is 0 Å². The Morgan fingerprint density at radius 1 is 1.46 bits per heavy atom. The van der Waals surface area contributed by atoms with Crippen LogP contribution in [0, 0.1) is 6.92 Å². The molecule has 0 spiro atoms. The molecule has 2 heteroatoms. The molecule has 0 saturated heterocycles. The highest BCUT2D eigenvalue weighted by molar-refractivity contribution is 5.69. The summed E-state index contributed by atoms with van der Waals surface area (Å²) in [6, 6.07) is 9.49. The van der Waals surface area contributed by atoms with Gasteiger partial charge in [0, 0.05) is 6.42 Å². The van der Waals surface area contributed by atoms with E-state index in [4.69, 9.17) is 4.74 Å². The van der Waals surface area contributed by atoms with Gasteiger partial charge in [0.2, 0.25) is 0 Å². The van der Waals surface area contributed by atoms with Crippen LogP contribution in [0.1, 0.15) is 25.0 Å².